The van der Waals surface area contributed by atoms with E-state index < -0.39 is 24.2 Å². The number of para-hydroxylation sites is 1. The molecule has 3 aromatic heterocycles. The van der Waals surface area contributed by atoms with E-state index in [1.54, 1.807) is 4.57 Å². The lowest BCUT2D eigenvalue weighted by Gasteiger charge is -2.46. The molecule has 0 amide bonds. The summed E-state index contributed by atoms with van der Waals surface area (Å²) in [4.78, 5) is 5.20. The quantitative estimate of drug-likeness (QED) is 0.121. The highest BCUT2D eigenvalue weighted by atomic mass is 15.2. The van der Waals surface area contributed by atoms with E-state index in [0.717, 1.165) is 178 Å². The molecule has 0 saturated heterocycles. The van der Waals surface area contributed by atoms with Crippen LogP contribution in [0.25, 0.3) is 155 Å². The second-order valence-corrected chi connectivity index (χ2v) is 33.3. The molecule has 0 radical (unpaired) electrons. The molecule has 552 valence electrons. The number of aromatic nitrogens is 2. The molecule has 0 atom stereocenters. The van der Waals surface area contributed by atoms with Crippen LogP contribution >= 0.6 is 0 Å². The van der Waals surface area contributed by atoms with Gasteiger partial charge in [-0.1, -0.05) is 333 Å². The van der Waals surface area contributed by atoms with Crippen LogP contribution in [-0.4, -0.2) is 15.7 Å². The lowest BCUT2D eigenvalue weighted by Crippen LogP contribution is -2.61. The zero-order valence-corrected chi connectivity index (χ0v) is 65.6. The van der Waals surface area contributed by atoms with Gasteiger partial charge < -0.3 is 18.8 Å². The lowest BCUT2D eigenvalue weighted by molar-refractivity contribution is 0.590. The van der Waals surface area contributed by atoms with E-state index in [4.69, 9.17) is 0 Å². The van der Waals surface area contributed by atoms with Gasteiger partial charge in [0.1, 0.15) is 0 Å². The number of nitrogens with zero attached hydrogens (tertiary/aromatic N) is 5. The van der Waals surface area contributed by atoms with E-state index in [0.29, 0.717) is 16.8 Å². The molecule has 17 aromatic carbocycles. The summed E-state index contributed by atoms with van der Waals surface area (Å²) < 4.78 is 74.8. The first-order valence-corrected chi connectivity index (χ1v) is 40.2. The number of nitriles is 1. The summed E-state index contributed by atoms with van der Waals surface area (Å²) in [5.41, 5.74) is 28.7. The molecule has 0 bridgehead atoms. The number of hydrogen-bond donors (Lipinski definition) is 0. The van der Waals surface area contributed by atoms with Gasteiger partial charge in [0.2, 0.25) is 0 Å². The molecule has 117 heavy (non-hydrogen) atoms. The molecule has 0 unspecified atom stereocenters. The minimum atomic E-state index is -0.662. The Hall–Kier alpha value is -14.5. The normalized spacial score (nSPS) is 13.5. The first-order valence-electron chi connectivity index (χ1n) is 43.7. The van der Waals surface area contributed by atoms with E-state index >= 15 is 0 Å². The highest BCUT2D eigenvalue weighted by molar-refractivity contribution is 7.01. The van der Waals surface area contributed by atoms with Gasteiger partial charge in [-0.2, -0.15) is 5.26 Å². The first-order chi connectivity index (χ1) is 60.2. The van der Waals surface area contributed by atoms with Crippen LogP contribution < -0.4 is 26.2 Å². The van der Waals surface area contributed by atoms with E-state index in [1.165, 1.54) is 0 Å². The predicted octanol–water partition coefficient (Wildman–Crippen LogP) is 27.8. The molecule has 0 saturated carbocycles. The van der Waals surface area contributed by atoms with E-state index in [9.17, 15) is 14.9 Å². The fraction of sp³-hybridized carbons (Fsp3) is 0.0721. The van der Waals surface area contributed by atoms with Crippen molar-refractivity contribution in [2.24, 2.45) is 0 Å². The number of fused-ring (bicyclic) bond motifs is 15. The molecule has 5 heterocycles. The summed E-state index contributed by atoms with van der Waals surface area (Å²) in [5.74, 6) is 0. The zero-order valence-electron chi connectivity index (χ0n) is 72.6. The van der Waals surface area contributed by atoms with Crippen molar-refractivity contribution in [2.75, 3.05) is 9.80 Å². The lowest BCUT2D eigenvalue weighted by atomic mass is 9.33. The van der Waals surface area contributed by atoms with E-state index in [2.05, 4.69) is 341 Å². The van der Waals surface area contributed by atoms with E-state index in [-0.39, 0.29) is 63.0 Å². The van der Waals surface area contributed by atoms with Gasteiger partial charge in [-0.15, -0.1) is 0 Å². The molecule has 2 aliphatic rings. The van der Waals surface area contributed by atoms with Gasteiger partial charge in [0.25, 0.3) is 6.71 Å². The monoisotopic (exact) mass is 1500 g/mol. The van der Waals surface area contributed by atoms with Crippen molar-refractivity contribution in [1.29, 1.82) is 5.26 Å². The molecule has 5 nitrogen and oxygen atoms in total. The molecular formula is C111H80BN5. The van der Waals surface area contributed by atoms with Crippen LogP contribution in [0.15, 0.2) is 376 Å². The Balaban J connectivity index is 1.01. The van der Waals surface area contributed by atoms with Crippen molar-refractivity contribution in [3.05, 3.63) is 393 Å². The Morgan fingerprint density at radius 2 is 0.735 bits per heavy atom. The molecule has 2 aliphatic heterocycles. The average Bonchev–Trinajstić information content (AvgIpc) is 1.46. The predicted molar refractivity (Wildman–Crippen MR) is 495 cm³/mol. The van der Waals surface area contributed by atoms with Crippen LogP contribution in [0.3, 0.4) is 0 Å². The Labute approximate surface area is 692 Å². The summed E-state index contributed by atoms with van der Waals surface area (Å²) in [5, 5.41) is 15.1. The first kappa shape index (κ1) is 62.0. The summed E-state index contributed by atoms with van der Waals surface area (Å²) in [6, 6.07) is 119. The maximum atomic E-state index is 10.8. The van der Waals surface area contributed by atoms with Crippen molar-refractivity contribution in [2.45, 2.75) is 52.4 Å². The van der Waals surface area contributed by atoms with Gasteiger partial charge in [0, 0.05) is 71.6 Å². The Morgan fingerprint density at radius 1 is 0.316 bits per heavy atom. The smallest absolute Gasteiger partial charge is 0.252 e. The van der Waals surface area contributed by atoms with Crippen LogP contribution in [0, 0.1) is 11.3 Å². The SMILES string of the molecule is [2H]c1c([2H])c([2H])c2c(c1[2H])c1c([2H])c(-c3ccccc3)c([2H])c([2H])c1n2-c1ccc2c(c1)N(c1c(-c3ccccc3)cc(C(C)(C)C)cc1-c1ccccc1)c1c3c(c4c5ccc(-c6ccccc6)cc5n5c6cc(-c7ccccc7)ccc6c1c45)N(c1c(-c4ccccc4)cc(C(C)(C)C)cc1-c1ccccc1)c1ccc(-c4cccc(C#N)c4)cc1B23. The van der Waals surface area contributed by atoms with Crippen LogP contribution in [0.1, 0.15) is 67.8 Å². The molecule has 0 N–H and O–H groups in total. The molecule has 0 spiro atoms. The zero-order chi connectivity index (χ0) is 84.6. The van der Waals surface area contributed by atoms with Crippen LogP contribution in [0.2, 0.25) is 0 Å². The van der Waals surface area contributed by atoms with E-state index in [1.807, 2.05) is 54.6 Å². The van der Waals surface area contributed by atoms with Crippen molar-refractivity contribution in [3.8, 4) is 101 Å². The van der Waals surface area contributed by atoms with Gasteiger partial charge in [-0.3, -0.25) is 0 Å². The third-order valence-electron chi connectivity index (χ3n) is 24.3. The average molecular weight is 1500 g/mol. The Bertz CT molecular complexity index is 7770. The number of hydrogen-bond acceptors (Lipinski definition) is 3. The van der Waals surface area contributed by atoms with Crippen molar-refractivity contribution in [1.82, 2.24) is 8.97 Å². The van der Waals surface area contributed by atoms with Crippen LogP contribution in [0.5, 0.6) is 0 Å². The highest BCUT2D eigenvalue weighted by Gasteiger charge is 2.49. The Morgan fingerprint density at radius 3 is 1.21 bits per heavy atom. The van der Waals surface area contributed by atoms with Gasteiger partial charge in [0.05, 0.1) is 71.6 Å². The number of benzene rings is 17. The molecule has 0 fully saturated rings. The van der Waals surface area contributed by atoms with Gasteiger partial charge in [-0.05, 0) is 190 Å². The Kier molecular flexibility index (Phi) is 14.2. The largest absolute Gasteiger partial charge is 0.309 e. The van der Waals surface area contributed by atoms with Gasteiger partial charge in [-0.25, -0.2) is 0 Å². The molecular weight excluding hydrogens is 1410 g/mol. The van der Waals surface area contributed by atoms with Crippen molar-refractivity contribution in [3.63, 3.8) is 0 Å². The topological polar surface area (TPSA) is 39.6 Å². The standard InChI is InChI=1S/C111H80BN5/c1-110(2,3)83-64-89(74-38-20-10-21-39-74)105(90(65-83)75-40-22-11-23-41-75)116-98-58-52-80(78-46-30-31-70(59-78)69-113)61-95(98)112-94-56-53-85(114-96-48-29-28-47-86(96)93-60-79(51-57-97(93)114)71-32-14-7-15-33-71)68-101(94)117(106-91(76-42-24-12-25-43-76)66-84(111(4,5)6)67-92(106)77-44-26-13-27-45-77)109-103-88-55-50-82(73-36-18-9-19-37-73)63-100(88)115-99-62-81(72-34-16-8-17-35-72)49-54-87(99)102(107(103)115)108(116)104(109)112/h7-68H,1-6H3/i28D,29D,47D,48D,51D,57D,60D. The molecule has 0 aliphatic carbocycles. The maximum absolute atomic E-state index is 10.8. The van der Waals surface area contributed by atoms with Crippen molar-refractivity contribution < 1.29 is 9.60 Å². The van der Waals surface area contributed by atoms with Crippen LogP contribution in [-0.2, 0) is 10.8 Å². The molecule has 20 aromatic rings. The fourth-order valence-corrected chi connectivity index (χ4v) is 18.8. The summed E-state index contributed by atoms with van der Waals surface area (Å²) >= 11 is 0. The second-order valence-electron chi connectivity index (χ2n) is 33.3. The minimum absolute atomic E-state index is 0.0775. The van der Waals surface area contributed by atoms with Gasteiger partial charge >= 0.3 is 0 Å². The molecule has 6 heteroatoms. The number of rotatable bonds is 11. The molecule has 22 rings (SSSR count). The van der Waals surface area contributed by atoms with Crippen LogP contribution in [0.4, 0.5) is 34.1 Å². The highest BCUT2D eigenvalue weighted by Crippen LogP contribution is 2.60. The minimum Gasteiger partial charge on any atom is -0.309 e. The van der Waals surface area contributed by atoms with Crippen molar-refractivity contribution >= 4 is 117 Å². The fourth-order valence-electron chi connectivity index (χ4n) is 18.8. The second kappa shape index (κ2) is 26.8. The number of anilines is 6. The summed E-state index contributed by atoms with van der Waals surface area (Å²) in [6.07, 6.45) is 0. The summed E-state index contributed by atoms with van der Waals surface area (Å²) in [6.45, 7) is 13.1. The van der Waals surface area contributed by atoms with Gasteiger partial charge in [0.15, 0.2) is 0 Å². The summed E-state index contributed by atoms with van der Waals surface area (Å²) in [7, 11) is 0. The third-order valence-corrected chi connectivity index (χ3v) is 24.3. The maximum Gasteiger partial charge on any atom is 0.252 e. The third kappa shape index (κ3) is 11.1.